The summed E-state index contributed by atoms with van der Waals surface area (Å²) in [6, 6.07) is -3.10. The molecule has 3 aliphatic heterocycles. The first kappa shape index (κ1) is 28.5. The summed E-state index contributed by atoms with van der Waals surface area (Å²) in [5.74, 6) is -1.53. The smallest absolute Gasteiger partial charge is 0.408 e. The Kier molecular flexibility index (Phi) is 9.56. The number of nitrogens with one attached hydrogen (secondary N) is 2. The van der Waals surface area contributed by atoms with E-state index in [-0.39, 0.29) is 11.8 Å². The van der Waals surface area contributed by atoms with Gasteiger partial charge in [-0.15, -0.1) is 0 Å². The van der Waals surface area contributed by atoms with E-state index in [4.69, 9.17) is 9.47 Å². The van der Waals surface area contributed by atoms with Crippen LogP contribution in [-0.4, -0.2) is 89.6 Å². The molecule has 3 rings (SSSR count). The quantitative estimate of drug-likeness (QED) is 0.418. The third kappa shape index (κ3) is 7.45. The van der Waals surface area contributed by atoms with E-state index in [0.29, 0.717) is 64.5 Å². The van der Waals surface area contributed by atoms with Gasteiger partial charge < -0.3 is 29.9 Å². The van der Waals surface area contributed by atoms with Crippen molar-refractivity contribution in [3.8, 4) is 0 Å². The van der Waals surface area contributed by atoms with E-state index in [2.05, 4.69) is 10.6 Å². The molecule has 2 N–H and O–H groups in total. The monoisotopic (exact) mass is 520 g/mol. The van der Waals surface area contributed by atoms with Crippen molar-refractivity contribution in [1.82, 2.24) is 20.4 Å². The van der Waals surface area contributed by atoms with Crippen molar-refractivity contribution in [3.63, 3.8) is 0 Å². The number of hydrogen-bond acceptors (Lipinski definition) is 7. The van der Waals surface area contributed by atoms with Crippen LogP contribution in [0.3, 0.4) is 0 Å². The average Bonchev–Trinajstić information content (AvgIpc) is 3.51. The molecule has 3 heterocycles. The molecule has 2 saturated heterocycles. The van der Waals surface area contributed by atoms with Crippen LogP contribution in [-0.2, 0) is 28.7 Å². The molecule has 0 aromatic heterocycles. The molecular formula is C26H40N4O7. The number of hydrogen-bond donors (Lipinski definition) is 2. The Morgan fingerprint density at radius 3 is 2.14 bits per heavy atom. The number of nitrogens with zero attached hydrogens (tertiary/aromatic N) is 2. The predicted octanol–water partition coefficient (Wildman–Crippen LogP) is 1.65. The second kappa shape index (κ2) is 12.4. The Morgan fingerprint density at radius 2 is 1.51 bits per heavy atom. The van der Waals surface area contributed by atoms with Crippen LogP contribution in [0.4, 0.5) is 4.79 Å². The zero-order valence-corrected chi connectivity index (χ0v) is 22.3. The number of ether oxygens (including phenoxy) is 2. The van der Waals surface area contributed by atoms with Gasteiger partial charge in [-0.25, -0.2) is 9.59 Å². The van der Waals surface area contributed by atoms with Gasteiger partial charge in [0, 0.05) is 13.1 Å². The summed E-state index contributed by atoms with van der Waals surface area (Å²) in [6.07, 6.45) is 6.99. The highest BCUT2D eigenvalue weighted by Crippen LogP contribution is 2.26. The molecule has 37 heavy (non-hydrogen) atoms. The summed E-state index contributed by atoms with van der Waals surface area (Å²) in [5, 5.41) is 5.48. The van der Waals surface area contributed by atoms with Crippen molar-refractivity contribution >= 4 is 29.8 Å². The zero-order chi connectivity index (χ0) is 27.2. The predicted molar refractivity (Wildman–Crippen MR) is 134 cm³/mol. The number of amides is 4. The summed E-state index contributed by atoms with van der Waals surface area (Å²) >= 11 is 0. The Hall–Kier alpha value is -3.11. The van der Waals surface area contributed by atoms with Crippen LogP contribution in [0.1, 0.15) is 72.1 Å². The lowest BCUT2D eigenvalue weighted by Gasteiger charge is -2.33. The molecule has 0 saturated carbocycles. The molecule has 206 valence electrons. The van der Waals surface area contributed by atoms with E-state index < -0.39 is 47.7 Å². The maximum Gasteiger partial charge on any atom is 0.408 e. The zero-order valence-electron chi connectivity index (χ0n) is 22.3. The van der Waals surface area contributed by atoms with Crippen molar-refractivity contribution in [1.29, 1.82) is 0 Å². The summed E-state index contributed by atoms with van der Waals surface area (Å²) in [4.78, 5) is 68.2. The fourth-order valence-corrected chi connectivity index (χ4v) is 5.11. The van der Waals surface area contributed by atoms with Gasteiger partial charge >= 0.3 is 12.1 Å². The molecule has 0 aromatic carbocycles. The third-order valence-electron chi connectivity index (χ3n) is 6.86. The summed E-state index contributed by atoms with van der Waals surface area (Å²) in [5.41, 5.74) is -0.723. The highest BCUT2D eigenvalue weighted by molar-refractivity contribution is 5.95. The molecule has 11 heteroatoms. The molecule has 3 aliphatic rings. The van der Waals surface area contributed by atoms with Gasteiger partial charge in [0.1, 0.15) is 29.8 Å². The molecule has 4 amide bonds. The molecule has 4 atom stereocenters. The molecule has 0 unspecified atom stereocenters. The lowest BCUT2D eigenvalue weighted by atomic mass is 10.1. The van der Waals surface area contributed by atoms with Crippen LogP contribution in [0.2, 0.25) is 0 Å². The van der Waals surface area contributed by atoms with Crippen molar-refractivity contribution in [3.05, 3.63) is 12.2 Å². The molecule has 0 bridgehead atoms. The highest BCUT2D eigenvalue weighted by Gasteiger charge is 2.44. The molecule has 0 aromatic rings. The minimum atomic E-state index is -0.860. The van der Waals surface area contributed by atoms with Crippen molar-refractivity contribution in [2.24, 2.45) is 0 Å². The fourth-order valence-electron chi connectivity index (χ4n) is 5.11. The average molecular weight is 521 g/mol. The standard InChI is InChI=1S/C26H40N4O7/c1-26(2,3)37-25(35)28-17-11-7-5-6-8-12-18(24(34)36-4)27-21(31)19-13-9-15-29(19)23(33)20-14-10-16-30(20)22(17)32/h5-6,17-20H,7-16H2,1-4H3,(H,27,31)(H,28,35)/b6-5+/t17-,18-,19-,20+/m0/s1. The topological polar surface area (TPSA) is 134 Å². The Bertz CT molecular complexity index is 913. The maximum atomic E-state index is 13.6. The van der Waals surface area contributed by atoms with Gasteiger partial charge in [0.25, 0.3) is 0 Å². The van der Waals surface area contributed by atoms with Crippen molar-refractivity contribution in [2.75, 3.05) is 20.2 Å². The number of methoxy groups -OCH3 is 1. The van der Waals surface area contributed by atoms with Crippen molar-refractivity contribution < 1.29 is 33.4 Å². The van der Waals surface area contributed by atoms with Gasteiger partial charge in [-0.05, 0) is 72.1 Å². The Morgan fingerprint density at radius 1 is 0.919 bits per heavy atom. The van der Waals surface area contributed by atoms with Gasteiger partial charge in [0.05, 0.1) is 7.11 Å². The normalized spacial score (nSPS) is 28.7. The molecule has 0 aliphatic carbocycles. The Balaban J connectivity index is 1.87. The van der Waals surface area contributed by atoms with Crippen LogP contribution < -0.4 is 10.6 Å². The van der Waals surface area contributed by atoms with Crippen LogP contribution in [0, 0.1) is 0 Å². The largest absolute Gasteiger partial charge is 0.467 e. The number of carbonyl (C=O) groups excluding carboxylic acids is 5. The lowest BCUT2D eigenvalue weighted by molar-refractivity contribution is -0.149. The summed E-state index contributed by atoms with van der Waals surface area (Å²) < 4.78 is 10.2. The molecular weight excluding hydrogens is 480 g/mol. The number of rotatable bonds is 2. The third-order valence-corrected chi connectivity index (χ3v) is 6.86. The van der Waals surface area contributed by atoms with E-state index in [1.165, 1.54) is 16.9 Å². The van der Waals surface area contributed by atoms with Gasteiger partial charge in [-0.2, -0.15) is 0 Å². The van der Waals surface area contributed by atoms with E-state index in [1.54, 1.807) is 20.8 Å². The van der Waals surface area contributed by atoms with Crippen LogP contribution in [0.5, 0.6) is 0 Å². The van der Waals surface area contributed by atoms with Crippen molar-refractivity contribution in [2.45, 2.75) is 102 Å². The molecule has 0 radical (unpaired) electrons. The second-order valence-electron chi connectivity index (χ2n) is 10.8. The van der Waals surface area contributed by atoms with Gasteiger partial charge in [0.2, 0.25) is 17.7 Å². The fraction of sp³-hybridized carbons (Fsp3) is 0.731. The summed E-state index contributed by atoms with van der Waals surface area (Å²) in [7, 11) is 1.28. The number of allylic oxidation sites excluding steroid dienone is 2. The van der Waals surface area contributed by atoms with Crippen LogP contribution >= 0.6 is 0 Å². The number of alkyl carbamates (subject to hydrolysis) is 1. The van der Waals surface area contributed by atoms with Crippen LogP contribution in [0.25, 0.3) is 0 Å². The molecule has 11 nitrogen and oxygen atoms in total. The highest BCUT2D eigenvalue weighted by atomic mass is 16.6. The second-order valence-corrected chi connectivity index (χ2v) is 10.8. The van der Waals surface area contributed by atoms with Gasteiger partial charge in [-0.1, -0.05) is 12.2 Å². The first-order chi connectivity index (χ1) is 17.5. The molecule has 2 fully saturated rings. The Labute approximate surface area is 218 Å². The van der Waals surface area contributed by atoms with E-state index in [9.17, 15) is 24.0 Å². The lowest BCUT2D eigenvalue weighted by Crippen LogP contribution is -2.57. The number of carbonyl (C=O) groups is 5. The van der Waals surface area contributed by atoms with E-state index in [1.807, 2.05) is 12.2 Å². The summed E-state index contributed by atoms with van der Waals surface area (Å²) in [6.45, 7) is 6.04. The first-order valence-corrected chi connectivity index (χ1v) is 13.2. The van der Waals surface area contributed by atoms with Crippen LogP contribution in [0.15, 0.2) is 12.2 Å². The minimum absolute atomic E-state index is 0.277. The van der Waals surface area contributed by atoms with Gasteiger partial charge in [-0.3, -0.25) is 14.4 Å². The van der Waals surface area contributed by atoms with E-state index in [0.717, 1.165) is 0 Å². The first-order valence-electron chi connectivity index (χ1n) is 13.2. The van der Waals surface area contributed by atoms with Gasteiger partial charge in [0.15, 0.2) is 0 Å². The molecule has 0 spiro atoms. The minimum Gasteiger partial charge on any atom is -0.467 e. The number of fused-ring (bicyclic) bond motifs is 2. The number of esters is 1. The maximum absolute atomic E-state index is 13.6. The SMILES string of the molecule is COC(=O)[C@@H]1CC/C=C/CC[C@H](NC(=O)OC(C)(C)C)C(=O)N2CCC[C@@H]2C(=O)N2CCC[C@H]2C(=O)N1. The van der Waals surface area contributed by atoms with E-state index >= 15 is 0 Å².